The summed E-state index contributed by atoms with van der Waals surface area (Å²) in [5, 5.41) is 10.5. The molecule has 2 aliphatic rings. The Morgan fingerprint density at radius 2 is 1.35 bits per heavy atom. The standard InChI is InChI=1S/C22H21FN4O2.C20H18F2N4O2/c1-22(2)13-26(12-17(28)15-6-4-3-5-7-15)21-25-19(16-8-10-24-11-9-16)18(23)20(29)27(21)14-22;21-20(22)12-25(11-17(27)15-4-2-1-3-5-15)19-24-16(10-18(28)26(19)13-20)14-6-8-23-9-7-14/h3-11H,12-14H2,1-2H3;1-10,17,27H,11-13H2. The molecule has 0 spiro atoms. The Labute approximate surface area is 325 Å². The highest BCUT2D eigenvalue weighted by atomic mass is 19.3. The van der Waals surface area contributed by atoms with Crippen molar-refractivity contribution < 1.29 is 23.1 Å². The van der Waals surface area contributed by atoms with Gasteiger partial charge in [-0.3, -0.25) is 33.5 Å². The van der Waals surface area contributed by atoms with Gasteiger partial charge >= 0.3 is 0 Å². The first kappa shape index (κ1) is 38.8. The molecule has 0 saturated heterocycles. The third-order valence-corrected chi connectivity index (χ3v) is 9.60. The molecule has 12 nitrogen and oxygen atoms in total. The molecule has 0 amide bonds. The molecular weight excluding hydrogens is 738 g/mol. The van der Waals surface area contributed by atoms with Crippen molar-refractivity contribution in [2.45, 2.75) is 39.0 Å². The summed E-state index contributed by atoms with van der Waals surface area (Å²) < 4.78 is 45.7. The summed E-state index contributed by atoms with van der Waals surface area (Å²) in [7, 11) is 0. The van der Waals surface area contributed by atoms with Crippen LogP contribution in [0.15, 0.2) is 125 Å². The van der Waals surface area contributed by atoms with Crippen molar-refractivity contribution in [3.8, 4) is 22.5 Å². The number of Topliss-reactive ketones (excluding diaryl/α,β-unsaturated/α-hetero) is 1. The van der Waals surface area contributed by atoms with Crippen LogP contribution < -0.4 is 20.9 Å². The average Bonchev–Trinajstić information content (AvgIpc) is 3.21. The van der Waals surface area contributed by atoms with Crippen LogP contribution in [0, 0.1) is 11.2 Å². The number of carbonyl (C=O) groups excluding carboxylic acids is 1. The number of hydrogen-bond donors (Lipinski definition) is 1. The highest BCUT2D eigenvalue weighted by molar-refractivity contribution is 5.99. The number of rotatable bonds is 8. The van der Waals surface area contributed by atoms with Crippen molar-refractivity contribution in [3.05, 3.63) is 153 Å². The van der Waals surface area contributed by atoms with Gasteiger partial charge in [-0.15, -0.1) is 0 Å². The lowest BCUT2D eigenvalue weighted by molar-refractivity contribution is -0.0194. The number of fused-ring (bicyclic) bond motifs is 2. The van der Waals surface area contributed by atoms with Crippen molar-refractivity contribution in [3.63, 3.8) is 0 Å². The largest absolute Gasteiger partial charge is 0.387 e. The molecule has 6 aromatic rings. The van der Waals surface area contributed by atoms with Crippen LogP contribution in [0.1, 0.15) is 35.9 Å². The highest BCUT2D eigenvalue weighted by Crippen LogP contribution is 2.32. The summed E-state index contributed by atoms with van der Waals surface area (Å²) in [6, 6.07) is 25.6. The van der Waals surface area contributed by atoms with Gasteiger partial charge in [0, 0.05) is 66.0 Å². The maximum atomic E-state index is 14.9. The second-order valence-corrected chi connectivity index (χ2v) is 14.8. The Bertz CT molecular complexity index is 2490. The molecule has 1 unspecified atom stereocenters. The molecule has 0 fully saturated rings. The minimum absolute atomic E-state index is 0.0273. The topological polar surface area (TPSA) is 139 Å². The van der Waals surface area contributed by atoms with Crippen LogP contribution >= 0.6 is 0 Å². The second-order valence-electron chi connectivity index (χ2n) is 14.8. The zero-order valence-corrected chi connectivity index (χ0v) is 31.2. The molecule has 0 saturated carbocycles. The number of benzene rings is 2. The lowest BCUT2D eigenvalue weighted by atomic mass is 9.90. The van der Waals surface area contributed by atoms with Crippen LogP contribution in [0.25, 0.3) is 22.5 Å². The normalized spacial score (nSPS) is 15.8. The zero-order valence-electron chi connectivity index (χ0n) is 31.2. The number of aliphatic hydroxyl groups is 1. The molecule has 292 valence electrons. The third kappa shape index (κ3) is 8.68. The number of ketones is 1. The van der Waals surface area contributed by atoms with E-state index >= 15 is 0 Å². The minimum atomic E-state index is -3.10. The van der Waals surface area contributed by atoms with Crippen molar-refractivity contribution in [2.75, 3.05) is 36.0 Å². The maximum absolute atomic E-state index is 14.9. The molecule has 57 heavy (non-hydrogen) atoms. The minimum Gasteiger partial charge on any atom is -0.387 e. The van der Waals surface area contributed by atoms with Gasteiger partial charge < -0.3 is 14.9 Å². The SMILES string of the molecule is CC1(C)CN(CC(=O)c2ccccc2)c2nc(-c3ccncc3)c(F)c(=O)n2C1.O=c1cc(-c2ccncc2)nc2n1CC(F)(F)CN2CC(O)c1ccccc1. The van der Waals surface area contributed by atoms with E-state index in [0.717, 1.165) is 4.57 Å². The Morgan fingerprint density at radius 3 is 2.00 bits per heavy atom. The fourth-order valence-electron chi connectivity index (χ4n) is 7.01. The van der Waals surface area contributed by atoms with Gasteiger partial charge in [0.15, 0.2) is 5.78 Å². The van der Waals surface area contributed by atoms with Crippen molar-refractivity contribution >= 4 is 17.7 Å². The summed E-state index contributed by atoms with van der Waals surface area (Å²) in [4.78, 5) is 58.0. The van der Waals surface area contributed by atoms with E-state index in [4.69, 9.17) is 0 Å². The highest BCUT2D eigenvalue weighted by Gasteiger charge is 2.40. The van der Waals surface area contributed by atoms with Crippen LogP contribution in [0.3, 0.4) is 0 Å². The first-order valence-corrected chi connectivity index (χ1v) is 18.2. The molecule has 0 radical (unpaired) electrons. The Balaban J connectivity index is 0.000000174. The molecule has 0 bridgehead atoms. The monoisotopic (exact) mass is 776 g/mol. The summed E-state index contributed by atoms with van der Waals surface area (Å²) in [6.45, 7) is 3.42. The summed E-state index contributed by atoms with van der Waals surface area (Å²) in [5.74, 6) is -3.65. The van der Waals surface area contributed by atoms with E-state index in [1.165, 1.54) is 27.9 Å². The second kappa shape index (κ2) is 15.9. The number of halogens is 3. The van der Waals surface area contributed by atoms with Gasteiger partial charge in [-0.25, -0.2) is 18.7 Å². The zero-order chi connectivity index (χ0) is 40.3. The molecule has 1 N–H and O–H groups in total. The number of nitrogens with zero attached hydrogens (tertiary/aromatic N) is 8. The van der Waals surface area contributed by atoms with E-state index in [0.29, 0.717) is 47.0 Å². The van der Waals surface area contributed by atoms with Crippen molar-refractivity contribution in [2.24, 2.45) is 5.41 Å². The summed E-state index contributed by atoms with van der Waals surface area (Å²) in [5.41, 5.74) is 1.07. The van der Waals surface area contributed by atoms with Gasteiger partial charge in [0.25, 0.3) is 17.0 Å². The Kier molecular flexibility index (Phi) is 10.8. The van der Waals surface area contributed by atoms with E-state index in [1.807, 2.05) is 26.0 Å². The lowest BCUT2D eigenvalue weighted by Gasteiger charge is -2.40. The molecule has 15 heteroatoms. The number of hydrogen-bond acceptors (Lipinski definition) is 10. The molecule has 8 rings (SSSR count). The number of anilines is 2. The van der Waals surface area contributed by atoms with Crippen LogP contribution in [-0.4, -0.2) is 72.1 Å². The smallest absolute Gasteiger partial charge is 0.291 e. The van der Waals surface area contributed by atoms with Crippen LogP contribution in [0.2, 0.25) is 0 Å². The van der Waals surface area contributed by atoms with Gasteiger partial charge in [0.1, 0.15) is 5.69 Å². The predicted octanol–water partition coefficient (Wildman–Crippen LogP) is 5.67. The Hall–Kier alpha value is -6.48. The number of aromatic nitrogens is 6. The average molecular weight is 777 g/mol. The number of aliphatic hydroxyl groups excluding tert-OH is 1. The molecule has 2 aromatic carbocycles. The number of β-amino-alcohol motifs (C(OH)–C–C–N with tert-alkyl or cyclic N) is 1. The summed E-state index contributed by atoms with van der Waals surface area (Å²) >= 11 is 0. The fourth-order valence-corrected chi connectivity index (χ4v) is 7.01. The van der Waals surface area contributed by atoms with Crippen LogP contribution in [0.5, 0.6) is 0 Å². The van der Waals surface area contributed by atoms with Gasteiger partial charge in [-0.1, -0.05) is 74.5 Å². The maximum Gasteiger partial charge on any atom is 0.291 e. The van der Waals surface area contributed by atoms with Crippen molar-refractivity contribution in [1.29, 1.82) is 0 Å². The molecule has 2 aliphatic heterocycles. The molecule has 6 heterocycles. The van der Waals surface area contributed by atoms with E-state index in [-0.39, 0.29) is 35.9 Å². The van der Waals surface area contributed by atoms with Gasteiger partial charge in [-0.05, 0) is 29.8 Å². The molecule has 0 aliphatic carbocycles. The fraction of sp³-hybridized carbons (Fsp3) is 0.262. The van der Waals surface area contributed by atoms with Gasteiger partial charge in [-0.2, -0.15) is 4.39 Å². The molecule has 1 atom stereocenters. The molecular formula is C42H39F3N8O4. The lowest BCUT2D eigenvalue weighted by Crippen LogP contribution is -2.50. The first-order valence-electron chi connectivity index (χ1n) is 18.2. The quantitative estimate of drug-likeness (QED) is 0.193. The predicted molar refractivity (Wildman–Crippen MR) is 209 cm³/mol. The van der Waals surface area contributed by atoms with Gasteiger partial charge in [0.05, 0.1) is 38.0 Å². The third-order valence-electron chi connectivity index (χ3n) is 9.60. The van der Waals surface area contributed by atoms with Gasteiger partial charge in [0.2, 0.25) is 17.7 Å². The van der Waals surface area contributed by atoms with E-state index in [1.54, 1.807) is 90.1 Å². The van der Waals surface area contributed by atoms with E-state index in [9.17, 15) is 32.7 Å². The molecule has 4 aromatic heterocycles. The van der Waals surface area contributed by atoms with Crippen LogP contribution in [0.4, 0.5) is 25.1 Å². The number of alkyl halides is 2. The first-order chi connectivity index (χ1) is 27.3. The number of pyridine rings is 2. The summed E-state index contributed by atoms with van der Waals surface area (Å²) in [6.07, 6.45) is 5.18. The van der Waals surface area contributed by atoms with Crippen molar-refractivity contribution in [1.82, 2.24) is 29.1 Å². The van der Waals surface area contributed by atoms with E-state index < -0.39 is 42.1 Å². The Morgan fingerprint density at radius 1 is 0.754 bits per heavy atom. The van der Waals surface area contributed by atoms with E-state index in [2.05, 4.69) is 19.9 Å². The van der Waals surface area contributed by atoms with Crippen LogP contribution in [-0.2, 0) is 13.1 Å². The number of carbonyl (C=O) groups is 1.